The first-order valence-corrected chi connectivity index (χ1v) is 6.55. The minimum Gasteiger partial charge on any atom is -0.497 e. The normalized spacial score (nSPS) is 10.7. The number of aromatic nitrogens is 1. The van der Waals surface area contributed by atoms with Crippen molar-refractivity contribution < 1.29 is 4.74 Å². The van der Waals surface area contributed by atoms with Crippen LogP contribution in [-0.4, -0.2) is 12.1 Å². The molecule has 0 aliphatic carbocycles. The Bertz CT molecular complexity index is 688. The van der Waals surface area contributed by atoms with Crippen LogP contribution in [0.2, 0.25) is 0 Å². The van der Waals surface area contributed by atoms with Gasteiger partial charge in [0.05, 0.1) is 7.11 Å². The van der Waals surface area contributed by atoms with E-state index >= 15 is 0 Å². The Morgan fingerprint density at radius 2 is 1.85 bits per heavy atom. The number of H-pyrrole nitrogens is 1. The maximum atomic E-state index is 5.13. The molecule has 0 aliphatic rings. The first-order chi connectivity index (χ1) is 9.86. The lowest BCUT2D eigenvalue weighted by atomic mass is 10.2. The fourth-order valence-corrected chi connectivity index (χ4v) is 2.19. The van der Waals surface area contributed by atoms with Crippen molar-refractivity contribution in [1.82, 2.24) is 10.4 Å². The molecule has 0 saturated heterocycles. The Hall–Kier alpha value is -2.46. The second kappa shape index (κ2) is 5.67. The molecule has 4 nitrogen and oxygen atoms in total. The summed E-state index contributed by atoms with van der Waals surface area (Å²) in [6, 6.07) is 16.1. The highest BCUT2D eigenvalue weighted by molar-refractivity contribution is 5.82. The fraction of sp³-hybridized carbons (Fsp3) is 0.125. The third kappa shape index (κ3) is 2.60. The largest absolute Gasteiger partial charge is 0.497 e. The molecule has 0 saturated carbocycles. The van der Waals surface area contributed by atoms with Gasteiger partial charge in [0.1, 0.15) is 5.75 Å². The van der Waals surface area contributed by atoms with Crippen LogP contribution in [0, 0.1) is 0 Å². The standard InChI is InChI=1S/C16H17N3O/c1-20-14-8-6-13(7-9-14)19-18-11-12-10-17-16-5-3-2-4-15(12)16/h2-10,17-19H,11H2,1H3. The van der Waals surface area contributed by atoms with Crippen molar-refractivity contribution in [3.8, 4) is 5.75 Å². The molecule has 0 unspecified atom stereocenters. The van der Waals surface area contributed by atoms with Crippen LogP contribution in [0.3, 0.4) is 0 Å². The second-order valence-corrected chi connectivity index (χ2v) is 4.57. The molecule has 1 aromatic heterocycles. The highest BCUT2D eigenvalue weighted by atomic mass is 16.5. The monoisotopic (exact) mass is 267 g/mol. The molecule has 20 heavy (non-hydrogen) atoms. The molecule has 1 heterocycles. The van der Waals surface area contributed by atoms with E-state index in [1.165, 1.54) is 10.9 Å². The van der Waals surface area contributed by atoms with E-state index in [2.05, 4.69) is 34.0 Å². The molecule has 0 aliphatic heterocycles. The van der Waals surface area contributed by atoms with Gasteiger partial charge >= 0.3 is 0 Å². The quantitative estimate of drug-likeness (QED) is 0.622. The van der Waals surface area contributed by atoms with Gasteiger partial charge in [-0.2, -0.15) is 0 Å². The van der Waals surface area contributed by atoms with Crippen molar-refractivity contribution in [2.24, 2.45) is 0 Å². The lowest BCUT2D eigenvalue weighted by molar-refractivity contribution is 0.415. The number of hydrogen-bond donors (Lipinski definition) is 3. The van der Waals surface area contributed by atoms with Crippen LogP contribution < -0.4 is 15.6 Å². The Kier molecular flexibility index (Phi) is 3.56. The summed E-state index contributed by atoms with van der Waals surface area (Å²) in [5.74, 6) is 0.854. The number of methoxy groups -OCH3 is 1. The van der Waals surface area contributed by atoms with E-state index in [4.69, 9.17) is 4.74 Å². The van der Waals surface area contributed by atoms with Crippen molar-refractivity contribution in [2.75, 3.05) is 12.5 Å². The Balaban J connectivity index is 1.62. The molecule has 0 spiro atoms. The zero-order valence-corrected chi connectivity index (χ0v) is 11.3. The second-order valence-electron chi connectivity index (χ2n) is 4.57. The van der Waals surface area contributed by atoms with Crippen LogP contribution in [-0.2, 0) is 6.54 Å². The van der Waals surface area contributed by atoms with Crippen molar-refractivity contribution in [2.45, 2.75) is 6.54 Å². The Morgan fingerprint density at radius 3 is 2.65 bits per heavy atom. The fourth-order valence-electron chi connectivity index (χ4n) is 2.19. The lowest BCUT2D eigenvalue weighted by Gasteiger charge is -2.08. The summed E-state index contributed by atoms with van der Waals surface area (Å²) in [5.41, 5.74) is 9.81. The third-order valence-corrected chi connectivity index (χ3v) is 3.28. The number of fused-ring (bicyclic) bond motifs is 1. The first-order valence-electron chi connectivity index (χ1n) is 6.55. The predicted octanol–water partition coefficient (Wildman–Crippen LogP) is 3.29. The lowest BCUT2D eigenvalue weighted by Crippen LogP contribution is -2.20. The summed E-state index contributed by atoms with van der Waals surface area (Å²) in [5, 5.41) is 1.25. The first kappa shape index (κ1) is 12.6. The van der Waals surface area contributed by atoms with Crippen molar-refractivity contribution in [3.05, 3.63) is 60.3 Å². The highest BCUT2D eigenvalue weighted by Gasteiger charge is 2.01. The summed E-state index contributed by atoms with van der Waals surface area (Å²) in [6.45, 7) is 0.746. The van der Waals surface area contributed by atoms with Crippen molar-refractivity contribution >= 4 is 16.6 Å². The molecular formula is C16H17N3O. The number of nitrogens with one attached hydrogen (secondary N) is 3. The molecule has 3 aromatic rings. The average molecular weight is 267 g/mol. The van der Waals surface area contributed by atoms with Crippen LogP contribution in [0.25, 0.3) is 10.9 Å². The van der Waals surface area contributed by atoms with Crippen LogP contribution in [0.5, 0.6) is 5.75 Å². The smallest absolute Gasteiger partial charge is 0.119 e. The van der Waals surface area contributed by atoms with E-state index in [1.54, 1.807) is 7.11 Å². The van der Waals surface area contributed by atoms with Gasteiger partial charge in [0, 0.05) is 29.3 Å². The molecular weight excluding hydrogens is 250 g/mol. The Labute approximate surface area is 117 Å². The average Bonchev–Trinajstić information content (AvgIpc) is 2.92. The molecule has 102 valence electrons. The van der Waals surface area contributed by atoms with Gasteiger partial charge in [-0.1, -0.05) is 18.2 Å². The molecule has 3 N–H and O–H groups in total. The van der Waals surface area contributed by atoms with Gasteiger partial charge in [-0.25, -0.2) is 5.43 Å². The number of para-hydroxylation sites is 1. The minimum atomic E-state index is 0.746. The molecule has 3 rings (SSSR count). The molecule has 4 heteroatoms. The minimum absolute atomic E-state index is 0.746. The topological polar surface area (TPSA) is 49.1 Å². The van der Waals surface area contributed by atoms with E-state index in [1.807, 2.05) is 36.5 Å². The van der Waals surface area contributed by atoms with E-state index < -0.39 is 0 Å². The van der Waals surface area contributed by atoms with Gasteiger partial charge in [-0.05, 0) is 35.9 Å². The van der Waals surface area contributed by atoms with Crippen LogP contribution in [0.1, 0.15) is 5.56 Å². The number of anilines is 1. The SMILES string of the molecule is COc1ccc(NNCc2c[nH]c3ccccc23)cc1. The maximum Gasteiger partial charge on any atom is 0.119 e. The van der Waals surface area contributed by atoms with Gasteiger partial charge in [-0.15, -0.1) is 0 Å². The van der Waals surface area contributed by atoms with Crippen molar-refractivity contribution in [1.29, 1.82) is 0 Å². The number of rotatable bonds is 5. The summed E-state index contributed by atoms with van der Waals surface area (Å²) in [7, 11) is 1.66. The van der Waals surface area contributed by atoms with E-state index in [0.717, 1.165) is 23.5 Å². The van der Waals surface area contributed by atoms with Gasteiger partial charge in [-0.3, -0.25) is 0 Å². The van der Waals surface area contributed by atoms with E-state index in [0.29, 0.717) is 0 Å². The summed E-state index contributed by atoms with van der Waals surface area (Å²) < 4.78 is 5.13. The van der Waals surface area contributed by atoms with Gasteiger partial charge < -0.3 is 15.1 Å². The number of hydrazine groups is 1. The zero-order valence-electron chi connectivity index (χ0n) is 11.3. The van der Waals surface area contributed by atoms with E-state index in [9.17, 15) is 0 Å². The molecule has 0 fully saturated rings. The summed E-state index contributed by atoms with van der Waals surface area (Å²) >= 11 is 0. The van der Waals surface area contributed by atoms with Crippen molar-refractivity contribution in [3.63, 3.8) is 0 Å². The van der Waals surface area contributed by atoms with Crippen LogP contribution >= 0.6 is 0 Å². The van der Waals surface area contributed by atoms with Crippen LogP contribution in [0.15, 0.2) is 54.7 Å². The van der Waals surface area contributed by atoms with Gasteiger partial charge in [0.2, 0.25) is 0 Å². The summed E-state index contributed by atoms with van der Waals surface area (Å²) in [4.78, 5) is 3.27. The number of aromatic amines is 1. The maximum absolute atomic E-state index is 5.13. The predicted molar refractivity (Wildman–Crippen MR) is 81.8 cm³/mol. The molecule has 0 radical (unpaired) electrons. The number of hydrogen-bond acceptors (Lipinski definition) is 3. The van der Waals surface area contributed by atoms with Gasteiger partial charge in [0.25, 0.3) is 0 Å². The number of benzene rings is 2. The Morgan fingerprint density at radius 1 is 1.05 bits per heavy atom. The molecule has 0 bridgehead atoms. The molecule has 0 amide bonds. The van der Waals surface area contributed by atoms with Crippen LogP contribution in [0.4, 0.5) is 5.69 Å². The molecule has 0 atom stereocenters. The molecule has 2 aromatic carbocycles. The van der Waals surface area contributed by atoms with E-state index in [-0.39, 0.29) is 0 Å². The zero-order chi connectivity index (χ0) is 13.8. The van der Waals surface area contributed by atoms with Gasteiger partial charge in [0.15, 0.2) is 0 Å². The number of ether oxygens (including phenoxy) is 1. The summed E-state index contributed by atoms with van der Waals surface area (Å²) in [6.07, 6.45) is 2.04. The highest BCUT2D eigenvalue weighted by Crippen LogP contribution is 2.18. The third-order valence-electron chi connectivity index (χ3n) is 3.28.